The number of hydrogen-bond acceptors (Lipinski definition) is 5. The molecule has 1 aliphatic heterocycles. The summed E-state index contributed by atoms with van der Waals surface area (Å²) in [6.45, 7) is 0.797. The maximum atomic E-state index is 12.4. The van der Waals surface area contributed by atoms with Crippen molar-refractivity contribution in [2.45, 2.75) is 6.10 Å². The number of aromatic nitrogens is 3. The number of amides is 1. The van der Waals surface area contributed by atoms with E-state index in [0.717, 1.165) is 22.3 Å². The Labute approximate surface area is 173 Å². The first-order valence-corrected chi connectivity index (χ1v) is 9.76. The van der Waals surface area contributed by atoms with Gasteiger partial charge in [0.1, 0.15) is 30.6 Å². The van der Waals surface area contributed by atoms with Crippen LogP contribution in [0.25, 0.3) is 16.6 Å². The average Bonchev–Trinajstić information content (AvgIpc) is 3.34. The van der Waals surface area contributed by atoms with E-state index in [0.29, 0.717) is 18.9 Å². The second kappa shape index (κ2) is 7.96. The van der Waals surface area contributed by atoms with Gasteiger partial charge in [-0.2, -0.15) is 5.10 Å². The van der Waals surface area contributed by atoms with E-state index in [-0.39, 0.29) is 18.6 Å². The van der Waals surface area contributed by atoms with Crippen molar-refractivity contribution in [2.24, 2.45) is 0 Å². The monoisotopic (exact) mass is 400 g/mol. The molecular weight excluding hydrogens is 380 g/mol. The molecule has 7 heteroatoms. The van der Waals surface area contributed by atoms with Crippen LogP contribution in [0.5, 0.6) is 5.75 Å². The molecule has 1 saturated heterocycles. The molecule has 0 bridgehead atoms. The Hall–Kier alpha value is -3.71. The minimum atomic E-state index is -0.229. The number of carbonyl (C=O) groups excluding carboxylic acids is 1. The van der Waals surface area contributed by atoms with Crippen LogP contribution in [0, 0.1) is 0 Å². The number of rotatable bonds is 5. The highest BCUT2D eigenvalue weighted by Gasteiger charge is 2.28. The summed E-state index contributed by atoms with van der Waals surface area (Å²) in [5.74, 6) is 0.647. The van der Waals surface area contributed by atoms with Crippen LogP contribution in [0.4, 0.5) is 5.69 Å². The van der Waals surface area contributed by atoms with Crippen LogP contribution < -0.4 is 9.64 Å². The summed E-state index contributed by atoms with van der Waals surface area (Å²) in [6, 6.07) is 19.3. The van der Waals surface area contributed by atoms with Gasteiger partial charge in [0.05, 0.1) is 12.2 Å². The Bertz CT molecular complexity index is 1150. The van der Waals surface area contributed by atoms with Gasteiger partial charge in [-0.25, -0.2) is 4.68 Å². The van der Waals surface area contributed by atoms with Crippen LogP contribution in [0.2, 0.25) is 0 Å². The lowest BCUT2D eigenvalue weighted by atomic mass is 10.2. The molecule has 1 aliphatic rings. The van der Waals surface area contributed by atoms with Crippen molar-refractivity contribution in [3.63, 3.8) is 0 Å². The number of carbonyl (C=O) groups is 1. The molecule has 30 heavy (non-hydrogen) atoms. The summed E-state index contributed by atoms with van der Waals surface area (Å²) in [5.41, 5.74) is 2.58. The lowest BCUT2D eigenvalue weighted by Gasteiger charge is -2.32. The van der Waals surface area contributed by atoms with E-state index in [1.165, 1.54) is 0 Å². The number of ether oxygens (including phenoxy) is 2. The van der Waals surface area contributed by atoms with Gasteiger partial charge in [-0.15, -0.1) is 0 Å². The summed E-state index contributed by atoms with van der Waals surface area (Å²) < 4.78 is 13.5. The van der Waals surface area contributed by atoms with Gasteiger partial charge in [-0.05, 0) is 42.5 Å². The first-order chi connectivity index (χ1) is 14.8. The molecule has 1 amide bonds. The summed E-state index contributed by atoms with van der Waals surface area (Å²) in [6.07, 6.45) is 5.13. The fourth-order valence-electron chi connectivity index (χ4n) is 3.56. The smallest absolute Gasteiger partial charge is 0.253 e. The molecule has 0 N–H and O–H groups in total. The van der Waals surface area contributed by atoms with Gasteiger partial charge < -0.3 is 14.4 Å². The number of fused-ring (bicyclic) bond motifs is 1. The maximum Gasteiger partial charge on any atom is 0.253 e. The highest BCUT2D eigenvalue weighted by Crippen LogP contribution is 2.25. The van der Waals surface area contributed by atoms with Crippen LogP contribution in [0.1, 0.15) is 0 Å². The van der Waals surface area contributed by atoms with Crippen molar-refractivity contribution in [1.82, 2.24) is 14.8 Å². The highest BCUT2D eigenvalue weighted by atomic mass is 16.5. The van der Waals surface area contributed by atoms with Crippen molar-refractivity contribution >= 4 is 22.5 Å². The third-order valence-corrected chi connectivity index (χ3v) is 5.08. The molecule has 0 aliphatic carbocycles. The third kappa shape index (κ3) is 3.62. The predicted molar refractivity (Wildman–Crippen MR) is 113 cm³/mol. The molecule has 2 aromatic heterocycles. The highest BCUT2D eigenvalue weighted by molar-refractivity contribution is 5.95. The fourth-order valence-corrected chi connectivity index (χ4v) is 3.56. The summed E-state index contributed by atoms with van der Waals surface area (Å²) in [4.78, 5) is 18.6. The van der Waals surface area contributed by atoms with E-state index in [9.17, 15) is 4.79 Å². The number of hydrogen-bond donors (Lipinski definition) is 0. The van der Waals surface area contributed by atoms with Crippen molar-refractivity contribution < 1.29 is 14.3 Å². The molecule has 4 aromatic rings. The fraction of sp³-hybridized carbons (Fsp3) is 0.174. The number of nitrogens with zero attached hydrogens (tertiary/aromatic N) is 4. The number of benzene rings is 2. The van der Waals surface area contributed by atoms with Crippen molar-refractivity contribution in [1.29, 1.82) is 0 Å². The molecule has 0 radical (unpaired) electrons. The Kier molecular flexibility index (Phi) is 4.86. The summed E-state index contributed by atoms with van der Waals surface area (Å²) >= 11 is 0. The predicted octanol–water partition coefficient (Wildman–Crippen LogP) is 3.23. The first kappa shape index (κ1) is 18.3. The molecule has 7 nitrogen and oxygen atoms in total. The minimum Gasteiger partial charge on any atom is -0.489 e. The zero-order valence-corrected chi connectivity index (χ0v) is 16.2. The Morgan fingerprint density at radius 2 is 1.83 bits per heavy atom. The number of morpholine rings is 1. The second-order valence-electron chi connectivity index (χ2n) is 7.05. The van der Waals surface area contributed by atoms with Crippen molar-refractivity contribution in [2.75, 3.05) is 24.7 Å². The minimum absolute atomic E-state index is 0.0305. The first-order valence-electron chi connectivity index (χ1n) is 9.76. The van der Waals surface area contributed by atoms with Crippen LogP contribution >= 0.6 is 0 Å². The molecular formula is C23H20N4O3. The molecule has 1 unspecified atom stereocenters. The second-order valence-corrected chi connectivity index (χ2v) is 7.05. The number of anilines is 1. The van der Waals surface area contributed by atoms with E-state index in [2.05, 4.69) is 10.1 Å². The van der Waals surface area contributed by atoms with Gasteiger partial charge in [0.15, 0.2) is 0 Å². The molecule has 150 valence electrons. The number of pyridine rings is 1. The van der Waals surface area contributed by atoms with E-state index < -0.39 is 0 Å². The van der Waals surface area contributed by atoms with Crippen LogP contribution in [0.15, 0.2) is 79.3 Å². The molecule has 1 fully saturated rings. The van der Waals surface area contributed by atoms with Gasteiger partial charge in [-0.3, -0.25) is 9.78 Å². The number of para-hydroxylation sites is 1. The van der Waals surface area contributed by atoms with E-state index >= 15 is 0 Å². The standard InChI is InChI=1S/C23H20N4O3/c28-22-16-29-20(15-30-21-6-1-4-17-5-2-11-24-23(17)21)14-26(22)18-7-9-19(10-8-18)27-13-3-12-25-27/h1-13,20H,14-16H2. The summed E-state index contributed by atoms with van der Waals surface area (Å²) in [7, 11) is 0. The molecule has 3 heterocycles. The SMILES string of the molecule is O=C1COC(COc2cccc3cccnc23)CN1c1ccc(-n2cccn2)cc1. The van der Waals surface area contributed by atoms with Gasteiger partial charge in [-0.1, -0.05) is 18.2 Å². The molecule has 0 saturated carbocycles. The maximum absolute atomic E-state index is 12.4. The molecule has 0 spiro atoms. The Morgan fingerprint density at radius 1 is 1.00 bits per heavy atom. The third-order valence-electron chi connectivity index (χ3n) is 5.08. The quantitative estimate of drug-likeness (QED) is 0.514. The van der Waals surface area contributed by atoms with Crippen molar-refractivity contribution in [3.05, 3.63) is 79.3 Å². The average molecular weight is 400 g/mol. The Balaban J connectivity index is 1.28. The van der Waals surface area contributed by atoms with Gasteiger partial charge in [0, 0.05) is 29.7 Å². The van der Waals surface area contributed by atoms with E-state index in [1.54, 1.807) is 22.0 Å². The van der Waals surface area contributed by atoms with Gasteiger partial charge in [0.25, 0.3) is 5.91 Å². The largest absolute Gasteiger partial charge is 0.489 e. The summed E-state index contributed by atoms with van der Waals surface area (Å²) in [5, 5.41) is 5.25. The van der Waals surface area contributed by atoms with Crippen LogP contribution in [0.3, 0.4) is 0 Å². The van der Waals surface area contributed by atoms with Crippen LogP contribution in [-0.4, -0.2) is 46.5 Å². The van der Waals surface area contributed by atoms with Gasteiger partial charge >= 0.3 is 0 Å². The van der Waals surface area contributed by atoms with Crippen LogP contribution in [-0.2, 0) is 9.53 Å². The normalized spacial score (nSPS) is 16.7. The van der Waals surface area contributed by atoms with Gasteiger partial charge in [0.2, 0.25) is 0 Å². The molecule has 2 aromatic carbocycles. The van der Waals surface area contributed by atoms with Crippen molar-refractivity contribution in [3.8, 4) is 11.4 Å². The zero-order valence-electron chi connectivity index (χ0n) is 16.2. The lowest BCUT2D eigenvalue weighted by Crippen LogP contribution is -2.48. The zero-order chi connectivity index (χ0) is 20.3. The molecule has 1 atom stereocenters. The lowest BCUT2D eigenvalue weighted by molar-refractivity contribution is -0.130. The Morgan fingerprint density at radius 3 is 2.67 bits per heavy atom. The topological polar surface area (TPSA) is 69.5 Å². The van der Waals surface area contributed by atoms with E-state index in [4.69, 9.17) is 9.47 Å². The molecule has 5 rings (SSSR count). The van der Waals surface area contributed by atoms with E-state index in [1.807, 2.05) is 66.9 Å².